The van der Waals surface area contributed by atoms with Crippen molar-refractivity contribution < 1.29 is 19.2 Å². The van der Waals surface area contributed by atoms with Crippen LogP contribution in [0.25, 0.3) is 22.1 Å². The summed E-state index contributed by atoms with van der Waals surface area (Å²) in [5.41, 5.74) is 18.4. The lowest BCUT2D eigenvalue weighted by Crippen LogP contribution is -2.03. The first-order valence-corrected chi connectivity index (χ1v) is 8.15. The lowest BCUT2D eigenvalue weighted by Gasteiger charge is -2.12. The maximum Gasteiger partial charge on any atom is 0.466 e. The fourth-order valence-corrected chi connectivity index (χ4v) is 2.16. The van der Waals surface area contributed by atoms with Crippen LogP contribution in [-0.4, -0.2) is 24.6 Å². The lowest BCUT2D eigenvalue weighted by molar-refractivity contribution is 0.275. The lowest BCUT2D eigenvalue weighted by atomic mass is 10.0. The van der Waals surface area contributed by atoms with Gasteiger partial charge in [0, 0.05) is 0 Å². The van der Waals surface area contributed by atoms with Gasteiger partial charge >= 0.3 is 7.82 Å². The number of anilines is 2. The third-order valence-corrected chi connectivity index (χ3v) is 3.44. The standard InChI is InChI=1S/C14H14N4.ClH.H3O4P/c1-7-8(2)13-14(12(16)11(7)15)18-10-6-4-3-5-9(10)17-13;;1-5(2,3)4/h3-6H,15-16H2,1-2H3;1H;(H3,1,2,3,4). The summed E-state index contributed by atoms with van der Waals surface area (Å²) >= 11 is 0. The molecule has 0 saturated heterocycles. The number of rotatable bonds is 0. The highest BCUT2D eigenvalue weighted by Crippen LogP contribution is 2.32. The maximum absolute atomic E-state index is 8.88. The number of phosphoric acid groups is 1. The molecule has 10 heteroatoms. The molecule has 0 saturated carbocycles. The number of nitrogens with two attached hydrogens (primary N) is 2. The molecule has 3 rings (SSSR count). The Morgan fingerprint density at radius 3 is 1.75 bits per heavy atom. The fraction of sp³-hybridized carbons (Fsp3) is 0.143. The molecule has 0 atom stereocenters. The smallest absolute Gasteiger partial charge is 0.397 e. The summed E-state index contributed by atoms with van der Waals surface area (Å²) in [6.45, 7) is 3.95. The molecular weight excluding hydrogens is 355 g/mol. The van der Waals surface area contributed by atoms with Crippen LogP contribution in [0, 0.1) is 13.8 Å². The van der Waals surface area contributed by atoms with Crippen molar-refractivity contribution in [3.8, 4) is 0 Å². The molecule has 3 aromatic rings. The minimum Gasteiger partial charge on any atom is -0.397 e. The third-order valence-electron chi connectivity index (χ3n) is 3.44. The van der Waals surface area contributed by atoms with Gasteiger partial charge in [-0.05, 0) is 37.1 Å². The van der Waals surface area contributed by atoms with Crippen LogP contribution in [0.2, 0.25) is 0 Å². The van der Waals surface area contributed by atoms with Crippen molar-refractivity contribution >= 4 is 53.7 Å². The van der Waals surface area contributed by atoms with Gasteiger partial charge in [-0.15, -0.1) is 12.4 Å². The van der Waals surface area contributed by atoms with Crippen LogP contribution in [0.3, 0.4) is 0 Å². The van der Waals surface area contributed by atoms with Crippen LogP contribution in [-0.2, 0) is 4.57 Å². The van der Waals surface area contributed by atoms with Gasteiger partial charge in [0.25, 0.3) is 0 Å². The average Bonchev–Trinajstić information content (AvgIpc) is 2.48. The van der Waals surface area contributed by atoms with E-state index in [0.29, 0.717) is 16.9 Å². The predicted molar refractivity (Wildman–Crippen MR) is 96.9 cm³/mol. The topological polar surface area (TPSA) is 156 Å². The van der Waals surface area contributed by atoms with Crippen LogP contribution in [0.4, 0.5) is 11.4 Å². The Balaban J connectivity index is 0.000000425. The summed E-state index contributed by atoms with van der Waals surface area (Å²) in [6.07, 6.45) is 0. The Bertz CT molecular complexity index is 871. The van der Waals surface area contributed by atoms with Gasteiger partial charge in [0.1, 0.15) is 5.52 Å². The van der Waals surface area contributed by atoms with Gasteiger partial charge in [-0.2, -0.15) is 0 Å². The van der Waals surface area contributed by atoms with E-state index >= 15 is 0 Å². The van der Waals surface area contributed by atoms with Gasteiger partial charge < -0.3 is 26.1 Å². The number of hydrogen-bond donors (Lipinski definition) is 5. The number of aryl methyl sites for hydroxylation is 1. The van der Waals surface area contributed by atoms with E-state index in [1.807, 2.05) is 38.1 Å². The number of benzene rings is 2. The first kappa shape index (κ1) is 20.1. The van der Waals surface area contributed by atoms with Crippen LogP contribution in [0.5, 0.6) is 0 Å². The molecule has 7 N–H and O–H groups in total. The quantitative estimate of drug-likeness (QED) is 0.228. The molecule has 0 aliphatic carbocycles. The highest BCUT2D eigenvalue weighted by Gasteiger charge is 2.13. The van der Waals surface area contributed by atoms with Crippen molar-refractivity contribution in [2.75, 3.05) is 11.5 Å². The Morgan fingerprint density at radius 2 is 1.29 bits per heavy atom. The van der Waals surface area contributed by atoms with Crippen molar-refractivity contribution in [3.05, 3.63) is 35.4 Å². The molecule has 0 aliphatic heterocycles. The molecule has 0 spiro atoms. The van der Waals surface area contributed by atoms with E-state index in [9.17, 15) is 0 Å². The van der Waals surface area contributed by atoms with E-state index in [2.05, 4.69) is 9.97 Å². The van der Waals surface area contributed by atoms with E-state index in [1.54, 1.807) is 0 Å². The second-order valence-electron chi connectivity index (χ2n) is 5.00. The van der Waals surface area contributed by atoms with Crippen molar-refractivity contribution in [3.63, 3.8) is 0 Å². The molecule has 0 aliphatic rings. The normalized spacial score (nSPS) is 10.9. The summed E-state index contributed by atoms with van der Waals surface area (Å²) in [5.74, 6) is 0. The first-order valence-electron chi connectivity index (χ1n) is 6.58. The van der Waals surface area contributed by atoms with Gasteiger partial charge in [0.2, 0.25) is 0 Å². The number of halogens is 1. The average molecular weight is 373 g/mol. The highest BCUT2D eigenvalue weighted by atomic mass is 35.5. The number of nitrogen functional groups attached to an aromatic ring is 2. The van der Waals surface area contributed by atoms with E-state index in [0.717, 1.165) is 27.7 Å². The molecule has 0 radical (unpaired) electrons. The van der Waals surface area contributed by atoms with E-state index < -0.39 is 7.82 Å². The zero-order valence-corrected chi connectivity index (χ0v) is 14.7. The van der Waals surface area contributed by atoms with Crippen LogP contribution in [0.15, 0.2) is 24.3 Å². The number of para-hydroxylation sites is 2. The molecule has 2 aromatic carbocycles. The van der Waals surface area contributed by atoms with Crippen LogP contribution < -0.4 is 11.5 Å². The number of nitrogens with zero attached hydrogens (tertiary/aromatic N) is 2. The number of fused-ring (bicyclic) bond motifs is 2. The van der Waals surface area contributed by atoms with E-state index in [1.165, 1.54) is 0 Å². The summed E-state index contributed by atoms with van der Waals surface area (Å²) in [7, 11) is -4.64. The van der Waals surface area contributed by atoms with Crippen molar-refractivity contribution in [2.45, 2.75) is 13.8 Å². The monoisotopic (exact) mass is 372 g/mol. The molecule has 1 heterocycles. The molecule has 0 amide bonds. The number of aromatic nitrogens is 2. The molecule has 130 valence electrons. The summed E-state index contributed by atoms with van der Waals surface area (Å²) in [5, 5.41) is 0. The van der Waals surface area contributed by atoms with Gasteiger partial charge in [-0.25, -0.2) is 14.5 Å². The van der Waals surface area contributed by atoms with Gasteiger partial charge in [0.05, 0.1) is 27.9 Å². The Morgan fingerprint density at radius 1 is 0.875 bits per heavy atom. The zero-order valence-electron chi connectivity index (χ0n) is 13.0. The third kappa shape index (κ3) is 4.31. The van der Waals surface area contributed by atoms with Gasteiger partial charge in [-0.1, -0.05) is 12.1 Å². The second kappa shape index (κ2) is 7.29. The fourth-order valence-electron chi connectivity index (χ4n) is 2.16. The Hall–Kier alpha value is -1.96. The van der Waals surface area contributed by atoms with Crippen LogP contribution in [0.1, 0.15) is 11.1 Å². The molecular formula is C14H18ClN4O4P. The van der Waals surface area contributed by atoms with Crippen LogP contribution >= 0.6 is 20.2 Å². The maximum atomic E-state index is 8.88. The van der Waals surface area contributed by atoms with Crippen molar-refractivity contribution in [1.29, 1.82) is 0 Å². The van der Waals surface area contributed by atoms with E-state index in [4.69, 9.17) is 30.7 Å². The molecule has 1 aromatic heterocycles. The Kier molecular flexibility index (Phi) is 6.10. The molecule has 0 bridgehead atoms. The first-order chi connectivity index (χ1) is 10.6. The SMILES string of the molecule is Cc1c(N)c(N)c2nc3ccccc3nc2c1C.Cl.O=P(O)(O)O. The zero-order chi connectivity index (χ0) is 17.4. The van der Waals surface area contributed by atoms with Crippen molar-refractivity contribution in [2.24, 2.45) is 0 Å². The second-order valence-corrected chi connectivity index (χ2v) is 6.03. The van der Waals surface area contributed by atoms with Gasteiger partial charge in [-0.3, -0.25) is 0 Å². The molecule has 0 fully saturated rings. The summed E-state index contributed by atoms with van der Waals surface area (Å²) < 4.78 is 8.88. The predicted octanol–water partition coefficient (Wildman–Crippen LogP) is 2.06. The largest absolute Gasteiger partial charge is 0.466 e. The molecule has 24 heavy (non-hydrogen) atoms. The summed E-state index contributed by atoms with van der Waals surface area (Å²) in [6, 6.07) is 7.75. The van der Waals surface area contributed by atoms with Crippen molar-refractivity contribution in [1.82, 2.24) is 9.97 Å². The minimum atomic E-state index is -4.64. The molecule has 0 unspecified atom stereocenters. The summed E-state index contributed by atoms with van der Waals surface area (Å²) in [4.78, 5) is 30.8. The van der Waals surface area contributed by atoms with E-state index in [-0.39, 0.29) is 12.4 Å². The highest BCUT2D eigenvalue weighted by molar-refractivity contribution is 7.45. The molecule has 8 nitrogen and oxygen atoms in total. The minimum absolute atomic E-state index is 0. The van der Waals surface area contributed by atoms with Gasteiger partial charge in [0.15, 0.2) is 0 Å². The Labute approximate surface area is 144 Å². The number of hydrogen-bond acceptors (Lipinski definition) is 5.